The van der Waals surface area contributed by atoms with Crippen LogP contribution in [0.1, 0.15) is 17.4 Å². The van der Waals surface area contributed by atoms with Crippen molar-refractivity contribution in [3.05, 3.63) is 66.1 Å². The highest BCUT2D eigenvalue weighted by Gasteiger charge is 2.23. The van der Waals surface area contributed by atoms with E-state index in [2.05, 4.69) is 19.4 Å². The van der Waals surface area contributed by atoms with Gasteiger partial charge < -0.3 is 19.4 Å². The maximum absolute atomic E-state index is 12.8. The smallest absolute Gasteiger partial charge is 0.387 e. The molecule has 3 rings (SSSR count). The third-order valence-corrected chi connectivity index (χ3v) is 4.55. The number of nitrogens with two attached hydrogens (primary N) is 1. The number of furan rings is 1. The van der Waals surface area contributed by atoms with E-state index in [1.165, 1.54) is 4.90 Å². The maximum Gasteiger partial charge on any atom is 0.387 e. The summed E-state index contributed by atoms with van der Waals surface area (Å²) in [6.45, 7) is -1.52. The molecule has 0 aliphatic carbocycles. The molecule has 1 heterocycles. The molecule has 6 heteroatoms. The zero-order chi connectivity index (χ0) is 18.5. The van der Waals surface area contributed by atoms with E-state index in [9.17, 15) is 8.78 Å². The highest BCUT2D eigenvalue weighted by atomic mass is 19.3. The van der Waals surface area contributed by atoms with Crippen LogP contribution in [0.5, 0.6) is 5.75 Å². The van der Waals surface area contributed by atoms with Crippen molar-refractivity contribution >= 4 is 10.8 Å². The number of likely N-dealkylation sites (N-methyl/N-ethyl adjacent to an activating group) is 1. The number of fused-ring (bicyclic) bond motifs is 1. The number of ether oxygens (including phenoxy) is 1. The van der Waals surface area contributed by atoms with Crippen molar-refractivity contribution in [1.29, 1.82) is 0 Å². The van der Waals surface area contributed by atoms with Gasteiger partial charge in [-0.1, -0.05) is 30.3 Å². The molecule has 0 saturated heterocycles. The third kappa shape index (κ3) is 4.20. The molecule has 4 nitrogen and oxygen atoms in total. The summed E-state index contributed by atoms with van der Waals surface area (Å²) in [7, 11) is 4.15. The number of rotatable bonds is 8. The lowest BCUT2D eigenvalue weighted by atomic mass is 10.0. The van der Waals surface area contributed by atoms with Gasteiger partial charge in [0, 0.05) is 0 Å². The standard InChI is InChI=1S/C20H22F2N2O2/c1-24(2)17(19-8-5-11-25-19)13-23-12-16-15-7-4-3-6-14(15)9-10-18(16)26-20(21)22/h3-11,17,20,23H,12-13H2,1-2H3/p+2/t17-/m0/s1. The Balaban J connectivity index is 1.80. The fourth-order valence-corrected chi connectivity index (χ4v) is 3.25. The van der Waals surface area contributed by atoms with Gasteiger partial charge in [-0.05, 0) is 29.0 Å². The maximum atomic E-state index is 12.8. The number of benzene rings is 2. The summed E-state index contributed by atoms with van der Waals surface area (Å²) in [6.07, 6.45) is 1.67. The Morgan fingerprint density at radius 2 is 1.88 bits per heavy atom. The van der Waals surface area contributed by atoms with E-state index in [-0.39, 0.29) is 11.8 Å². The van der Waals surface area contributed by atoms with Gasteiger partial charge in [0.2, 0.25) is 0 Å². The second-order valence-electron chi connectivity index (χ2n) is 6.52. The van der Waals surface area contributed by atoms with Crippen molar-refractivity contribution < 1.29 is 28.2 Å². The van der Waals surface area contributed by atoms with Gasteiger partial charge in [-0.2, -0.15) is 8.78 Å². The van der Waals surface area contributed by atoms with Crippen molar-refractivity contribution in [2.45, 2.75) is 19.2 Å². The van der Waals surface area contributed by atoms with Gasteiger partial charge in [0.15, 0.2) is 11.8 Å². The Labute approximate surface area is 151 Å². The van der Waals surface area contributed by atoms with Crippen molar-refractivity contribution in [3.8, 4) is 5.75 Å². The van der Waals surface area contributed by atoms with Crippen LogP contribution < -0.4 is 15.0 Å². The van der Waals surface area contributed by atoms with Crippen LogP contribution in [0.4, 0.5) is 8.78 Å². The van der Waals surface area contributed by atoms with E-state index in [1.54, 1.807) is 12.3 Å². The van der Waals surface area contributed by atoms with Crippen molar-refractivity contribution in [2.75, 3.05) is 20.6 Å². The Kier molecular flexibility index (Phi) is 5.85. The summed E-state index contributed by atoms with van der Waals surface area (Å²) in [6, 6.07) is 15.2. The molecule has 3 N–H and O–H groups in total. The van der Waals surface area contributed by atoms with Crippen molar-refractivity contribution in [3.63, 3.8) is 0 Å². The monoisotopic (exact) mass is 362 g/mol. The number of hydrogen-bond donors (Lipinski definition) is 2. The summed E-state index contributed by atoms with van der Waals surface area (Å²) in [5.74, 6) is 1.16. The summed E-state index contributed by atoms with van der Waals surface area (Å²) in [4.78, 5) is 1.25. The fraction of sp³-hybridized carbons (Fsp3) is 0.300. The van der Waals surface area contributed by atoms with Gasteiger partial charge in [-0.25, -0.2) is 0 Å². The summed E-state index contributed by atoms with van der Waals surface area (Å²) in [5.41, 5.74) is 0.787. The molecular weight excluding hydrogens is 338 g/mol. The molecule has 0 spiro atoms. The molecule has 0 aliphatic heterocycles. The zero-order valence-electron chi connectivity index (χ0n) is 14.9. The van der Waals surface area contributed by atoms with Gasteiger partial charge in [-0.3, -0.25) is 0 Å². The van der Waals surface area contributed by atoms with Gasteiger partial charge in [0.1, 0.15) is 18.8 Å². The molecule has 0 saturated carbocycles. The SMILES string of the molecule is C[NH+](C)[C@@H](C[NH2+]Cc1c(OC(F)F)ccc2ccccc12)c1ccco1. The lowest BCUT2D eigenvalue weighted by Crippen LogP contribution is -3.09. The van der Waals surface area contributed by atoms with Gasteiger partial charge in [-0.15, -0.1) is 0 Å². The van der Waals surface area contributed by atoms with Crippen LogP contribution in [-0.4, -0.2) is 27.3 Å². The van der Waals surface area contributed by atoms with Gasteiger partial charge in [0.05, 0.1) is 25.9 Å². The molecule has 3 aromatic rings. The highest BCUT2D eigenvalue weighted by Crippen LogP contribution is 2.28. The largest absolute Gasteiger partial charge is 0.463 e. The molecule has 0 unspecified atom stereocenters. The first-order chi connectivity index (χ1) is 12.6. The predicted molar refractivity (Wildman–Crippen MR) is 95.3 cm³/mol. The first-order valence-electron chi connectivity index (χ1n) is 8.67. The summed E-state index contributed by atoms with van der Waals surface area (Å²) < 4.78 is 35.9. The van der Waals surface area contributed by atoms with Crippen LogP contribution in [-0.2, 0) is 6.54 Å². The fourth-order valence-electron chi connectivity index (χ4n) is 3.25. The van der Waals surface area contributed by atoms with E-state index in [0.717, 1.165) is 28.6 Å². The number of alkyl halides is 2. The Morgan fingerprint density at radius 3 is 2.58 bits per heavy atom. The second-order valence-corrected chi connectivity index (χ2v) is 6.52. The van der Waals surface area contributed by atoms with Crippen molar-refractivity contribution in [2.24, 2.45) is 0 Å². The molecule has 0 amide bonds. The van der Waals surface area contributed by atoms with Gasteiger partial charge >= 0.3 is 6.61 Å². The minimum atomic E-state index is -2.84. The zero-order valence-corrected chi connectivity index (χ0v) is 14.9. The number of quaternary nitrogens is 2. The topological polar surface area (TPSA) is 43.4 Å². The summed E-state index contributed by atoms with van der Waals surface area (Å²) >= 11 is 0. The molecule has 1 atom stereocenters. The van der Waals surface area contributed by atoms with Crippen LogP contribution in [0, 0.1) is 0 Å². The van der Waals surface area contributed by atoms with Crippen LogP contribution in [0.3, 0.4) is 0 Å². The molecule has 0 aliphatic rings. The molecule has 26 heavy (non-hydrogen) atoms. The van der Waals surface area contributed by atoms with E-state index >= 15 is 0 Å². The normalized spacial score (nSPS) is 12.8. The molecule has 138 valence electrons. The molecule has 1 aromatic heterocycles. The highest BCUT2D eigenvalue weighted by molar-refractivity contribution is 5.87. The Bertz CT molecular complexity index is 835. The number of halogens is 2. The average Bonchev–Trinajstić information content (AvgIpc) is 3.13. The van der Waals surface area contributed by atoms with Crippen molar-refractivity contribution in [1.82, 2.24) is 0 Å². The van der Waals surface area contributed by atoms with Crippen LogP contribution in [0.15, 0.2) is 59.2 Å². The van der Waals surface area contributed by atoms with Crippen LogP contribution in [0.25, 0.3) is 10.8 Å². The molecule has 0 radical (unpaired) electrons. The minimum Gasteiger partial charge on any atom is -0.463 e. The van der Waals surface area contributed by atoms with Crippen LogP contribution >= 0.6 is 0 Å². The van der Waals surface area contributed by atoms with E-state index in [0.29, 0.717) is 6.54 Å². The first kappa shape index (κ1) is 18.4. The van der Waals surface area contributed by atoms with E-state index < -0.39 is 6.61 Å². The predicted octanol–water partition coefficient (Wildman–Crippen LogP) is 1.98. The third-order valence-electron chi connectivity index (χ3n) is 4.55. The number of nitrogens with one attached hydrogen (secondary N) is 1. The Morgan fingerprint density at radius 1 is 1.08 bits per heavy atom. The summed E-state index contributed by atoms with van der Waals surface area (Å²) in [5, 5.41) is 4.06. The molecule has 0 fully saturated rings. The number of hydrogen-bond acceptors (Lipinski definition) is 2. The van der Waals surface area contributed by atoms with Gasteiger partial charge in [0.25, 0.3) is 0 Å². The van der Waals surface area contributed by atoms with E-state index in [1.807, 2.05) is 42.5 Å². The average molecular weight is 362 g/mol. The lowest BCUT2D eigenvalue weighted by Gasteiger charge is -2.19. The Hall–Kier alpha value is -2.44. The quantitative estimate of drug-likeness (QED) is 0.644. The van der Waals surface area contributed by atoms with E-state index in [4.69, 9.17) is 9.15 Å². The lowest BCUT2D eigenvalue weighted by molar-refractivity contribution is -0.911. The molecule has 0 bridgehead atoms. The molecular formula is C20H24F2N2O2+2. The first-order valence-corrected chi connectivity index (χ1v) is 8.67. The minimum absolute atomic E-state index is 0.180. The van der Waals surface area contributed by atoms with Crippen LogP contribution in [0.2, 0.25) is 0 Å². The second kappa shape index (κ2) is 8.29. The molecule has 2 aromatic carbocycles.